The van der Waals surface area contributed by atoms with Crippen LogP contribution in [0.25, 0.3) is 0 Å². The number of hydrogen-bond acceptors (Lipinski definition) is 6. The van der Waals surface area contributed by atoms with E-state index in [0.717, 1.165) is 24.6 Å². The van der Waals surface area contributed by atoms with Crippen molar-refractivity contribution < 1.29 is 26.1 Å². The van der Waals surface area contributed by atoms with Gasteiger partial charge in [0.1, 0.15) is 10.7 Å². The highest BCUT2D eigenvalue weighted by molar-refractivity contribution is 7.93. The molecule has 0 aliphatic carbocycles. The second-order valence-corrected chi connectivity index (χ2v) is 7.70. The number of hydrogen-bond donors (Lipinski definition) is 1. The minimum Gasteiger partial charge on any atom is -0.300 e. The Morgan fingerprint density at radius 1 is 1.17 bits per heavy atom. The van der Waals surface area contributed by atoms with Crippen LogP contribution in [0.15, 0.2) is 21.9 Å². The number of nitrogens with two attached hydrogens (primary N) is 1. The second-order valence-electron chi connectivity index (χ2n) is 3.76. The van der Waals surface area contributed by atoms with Gasteiger partial charge in [-0.15, -0.1) is 0 Å². The van der Waals surface area contributed by atoms with E-state index in [2.05, 4.69) is 4.84 Å². The lowest BCUT2D eigenvalue weighted by Crippen LogP contribution is -2.12. The maximum Gasteiger partial charge on any atom is 0.179 e. The van der Waals surface area contributed by atoms with Crippen molar-refractivity contribution in [3.8, 4) is 0 Å². The van der Waals surface area contributed by atoms with Crippen LogP contribution in [0, 0.1) is 5.82 Å². The summed E-state index contributed by atoms with van der Waals surface area (Å²) in [7, 11) is -7.90. The predicted octanol–water partition coefficient (Wildman–Crippen LogP) is 0.0230. The Balaban J connectivity index is 3.73. The average Bonchev–Trinajstić information content (AvgIpc) is 2.13. The predicted molar refractivity (Wildman–Crippen MR) is 61.6 cm³/mol. The first-order valence-corrected chi connectivity index (χ1v) is 8.40. The van der Waals surface area contributed by atoms with Crippen LogP contribution >= 0.6 is 0 Å². The lowest BCUT2D eigenvalue weighted by atomic mass is 10.2. The molecule has 18 heavy (non-hydrogen) atoms. The SMILES string of the molecule is CS(=O)(=O)c1cc(CON)cc(F)c1S(C)(=O)=O. The quantitative estimate of drug-likeness (QED) is 0.786. The molecule has 0 fully saturated rings. The zero-order valence-corrected chi connectivity index (χ0v) is 11.3. The van der Waals surface area contributed by atoms with Crippen LogP contribution in [0.1, 0.15) is 5.56 Å². The van der Waals surface area contributed by atoms with Gasteiger partial charge in [-0.25, -0.2) is 27.1 Å². The molecule has 0 saturated carbocycles. The van der Waals surface area contributed by atoms with E-state index in [9.17, 15) is 21.2 Å². The van der Waals surface area contributed by atoms with Gasteiger partial charge in [0.25, 0.3) is 0 Å². The highest BCUT2D eigenvalue weighted by atomic mass is 32.2. The molecule has 0 amide bonds. The van der Waals surface area contributed by atoms with Crippen molar-refractivity contribution in [3.63, 3.8) is 0 Å². The molecule has 0 aromatic heterocycles. The lowest BCUT2D eigenvalue weighted by Gasteiger charge is -2.10. The van der Waals surface area contributed by atoms with E-state index in [1.165, 1.54) is 0 Å². The summed E-state index contributed by atoms with van der Waals surface area (Å²) >= 11 is 0. The smallest absolute Gasteiger partial charge is 0.179 e. The van der Waals surface area contributed by atoms with Crippen molar-refractivity contribution in [3.05, 3.63) is 23.5 Å². The molecule has 0 saturated heterocycles. The Hall–Kier alpha value is -1.03. The maximum atomic E-state index is 13.7. The van der Waals surface area contributed by atoms with Gasteiger partial charge in [0.05, 0.1) is 11.5 Å². The molecular formula is C9H12FNO5S2. The summed E-state index contributed by atoms with van der Waals surface area (Å²) in [6.45, 7) is -0.233. The molecule has 0 radical (unpaired) electrons. The van der Waals surface area contributed by atoms with E-state index >= 15 is 0 Å². The molecule has 0 spiro atoms. The summed E-state index contributed by atoms with van der Waals surface area (Å²) in [5.74, 6) is 3.66. The Morgan fingerprint density at radius 3 is 2.11 bits per heavy atom. The summed E-state index contributed by atoms with van der Waals surface area (Å²) in [4.78, 5) is 2.82. The number of halogens is 1. The Kier molecular flexibility index (Phi) is 4.11. The molecule has 6 nitrogen and oxygen atoms in total. The van der Waals surface area contributed by atoms with E-state index in [4.69, 9.17) is 5.90 Å². The summed E-state index contributed by atoms with van der Waals surface area (Å²) in [6.07, 6.45) is 1.53. The largest absolute Gasteiger partial charge is 0.300 e. The topological polar surface area (TPSA) is 104 Å². The monoisotopic (exact) mass is 297 g/mol. The van der Waals surface area contributed by atoms with E-state index in [0.29, 0.717) is 0 Å². The Bertz CT molecular complexity index is 666. The minimum atomic E-state index is -4.01. The van der Waals surface area contributed by atoms with Crippen LogP contribution in [-0.4, -0.2) is 29.3 Å². The normalized spacial score (nSPS) is 12.7. The van der Waals surface area contributed by atoms with Crippen molar-refractivity contribution in [2.45, 2.75) is 16.4 Å². The number of benzene rings is 1. The molecule has 0 atom stereocenters. The Labute approximate surface area is 104 Å². The third kappa shape index (κ3) is 3.25. The van der Waals surface area contributed by atoms with E-state index in [1.54, 1.807) is 0 Å². The molecule has 102 valence electrons. The highest BCUT2D eigenvalue weighted by Crippen LogP contribution is 2.26. The van der Waals surface area contributed by atoms with Crippen molar-refractivity contribution in [2.24, 2.45) is 5.90 Å². The summed E-state index contributed by atoms with van der Waals surface area (Å²) in [5, 5.41) is 0. The molecule has 0 unspecified atom stereocenters. The summed E-state index contributed by atoms with van der Waals surface area (Å²) in [5.41, 5.74) is 0.128. The van der Waals surface area contributed by atoms with E-state index < -0.39 is 35.3 Å². The molecular weight excluding hydrogens is 285 g/mol. The van der Waals surface area contributed by atoms with Gasteiger partial charge in [-0.1, -0.05) is 0 Å². The van der Waals surface area contributed by atoms with Gasteiger partial charge in [0, 0.05) is 12.5 Å². The summed E-state index contributed by atoms with van der Waals surface area (Å²) < 4.78 is 59.6. The van der Waals surface area contributed by atoms with Gasteiger partial charge in [-0.3, -0.25) is 4.84 Å². The maximum absolute atomic E-state index is 13.7. The molecule has 0 aliphatic rings. The first-order chi connectivity index (χ1) is 8.07. The molecule has 9 heteroatoms. The molecule has 2 N–H and O–H groups in total. The van der Waals surface area contributed by atoms with Crippen molar-refractivity contribution >= 4 is 19.7 Å². The van der Waals surface area contributed by atoms with E-state index in [1.807, 2.05) is 0 Å². The van der Waals surface area contributed by atoms with Crippen LogP contribution in [0.3, 0.4) is 0 Å². The fourth-order valence-corrected chi connectivity index (χ4v) is 3.98. The second kappa shape index (κ2) is 4.92. The van der Waals surface area contributed by atoms with Gasteiger partial charge in [0.2, 0.25) is 0 Å². The van der Waals surface area contributed by atoms with Crippen LogP contribution < -0.4 is 5.90 Å². The molecule has 1 rings (SSSR count). The van der Waals surface area contributed by atoms with Gasteiger partial charge >= 0.3 is 0 Å². The first kappa shape index (κ1) is 15.0. The lowest BCUT2D eigenvalue weighted by molar-refractivity contribution is 0.123. The van der Waals surface area contributed by atoms with Crippen LogP contribution in [0.2, 0.25) is 0 Å². The molecule has 1 aromatic carbocycles. The average molecular weight is 297 g/mol. The third-order valence-electron chi connectivity index (χ3n) is 2.09. The van der Waals surface area contributed by atoms with Gasteiger partial charge in [-0.2, -0.15) is 0 Å². The Morgan fingerprint density at radius 2 is 1.72 bits per heavy atom. The number of rotatable bonds is 4. The summed E-state index contributed by atoms with van der Waals surface area (Å²) in [6, 6.07) is 1.90. The fourth-order valence-electron chi connectivity index (χ4n) is 1.44. The zero-order chi connectivity index (χ0) is 14.1. The van der Waals surface area contributed by atoms with Crippen molar-refractivity contribution in [1.29, 1.82) is 0 Å². The molecule has 1 aromatic rings. The standard InChI is InChI=1S/C9H12FNO5S2/c1-17(12,13)8-4-6(5-16-11)3-7(10)9(8)18(2,14)15/h3-4H,5,11H2,1-2H3. The third-order valence-corrected chi connectivity index (χ3v) is 4.50. The van der Waals surface area contributed by atoms with Gasteiger partial charge < -0.3 is 0 Å². The molecule has 0 heterocycles. The highest BCUT2D eigenvalue weighted by Gasteiger charge is 2.25. The zero-order valence-electron chi connectivity index (χ0n) is 9.67. The van der Waals surface area contributed by atoms with Gasteiger partial charge in [-0.05, 0) is 17.7 Å². The van der Waals surface area contributed by atoms with Crippen LogP contribution in [-0.2, 0) is 31.1 Å². The van der Waals surface area contributed by atoms with Crippen LogP contribution in [0.5, 0.6) is 0 Å². The van der Waals surface area contributed by atoms with E-state index in [-0.39, 0.29) is 12.2 Å². The first-order valence-electron chi connectivity index (χ1n) is 4.61. The molecule has 0 bridgehead atoms. The molecule has 0 aliphatic heterocycles. The van der Waals surface area contributed by atoms with Crippen LogP contribution in [0.4, 0.5) is 4.39 Å². The van der Waals surface area contributed by atoms with Crippen molar-refractivity contribution in [2.75, 3.05) is 12.5 Å². The fraction of sp³-hybridized carbons (Fsp3) is 0.333. The minimum absolute atomic E-state index is 0.128. The van der Waals surface area contributed by atoms with Gasteiger partial charge in [0.15, 0.2) is 19.7 Å². The van der Waals surface area contributed by atoms with Crippen molar-refractivity contribution in [1.82, 2.24) is 0 Å². The number of sulfone groups is 2.